The highest BCUT2D eigenvalue weighted by molar-refractivity contribution is 5.95. The maximum absolute atomic E-state index is 13.5. The van der Waals surface area contributed by atoms with Crippen LogP contribution in [-0.4, -0.2) is 19.1 Å². The topological polar surface area (TPSA) is 124 Å². The maximum Gasteiger partial charge on any atom is 0.338 e. The molecule has 3 aromatic rings. The molecular weight excluding hydrogens is 468 g/mol. The van der Waals surface area contributed by atoms with E-state index >= 15 is 0 Å². The standard InChI is InChI=1S/C29H24N4O4/c1-36-24-11-8-19(9-12-24)10-13-25-26(28(34)37-18-22-6-2-4-20(14-22)16-30)27(33-29(35)32-25)23-7-3-5-21(15-23)17-31/h2-9,11-12,14-15,27H,10,13,18H2,1H3,(H2,32,33,35). The number of urea groups is 1. The second-order valence-electron chi connectivity index (χ2n) is 8.40. The normalized spacial score (nSPS) is 14.6. The largest absolute Gasteiger partial charge is 0.497 e. The Morgan fingerprint density at radius 2 is 1.62 bits per heavy atom. The number of nitrogens with zero attached hydrogens (tertiary/aromatic N) is 2. The molecule has 2 amide bonds. The SMILES string of the molecule is COc1ccc(CCC2=C(C(=O)OCc3cccc(C#N)c3)C(c3cccc(C#N)c3)NC(=O)N2)cc1. The Morgan fingerprint density at radius 3 is 2.32 bits per heavy atom. The number of nitrogens with one attached hydrogen (secondary N) is 2. The van der Waals surface area contributed by atoms with Crippen molar-refractivity contribution in [2.24, 2.45) is 0 Å². The number of aryl methyl sites for hydroxylation is 1. The molecule has 1 heterocycles. The van der Waals surface area contributed by atoms with Crippen LogP contribution in [0.2, 0.25) is 0 Å². The van der Waals surface area contributed by atoms with Gasteiger partial charge in [0.1, 0.15) is 12.4 Å². The highest BCUT2D eigenvalue weighted by atomic mass is 16.5. The highest BCUT2D eigenvalue weighted by Crippen LogP contribution is 2.30. The monoisotopic (exact) mass is 492 g/mol. The average Bonchev–Trinajstić information content (AvgIpc) is 2.94. The molecule has 1 atom stereocenters. The fraction of sp³-hybridized carbons (Fsp3) is 0.172. The van der Waals surface area contributed by atoms with E-state index in [1.165, 1.54) is 0 Å². The summed E-state index contributed by atoms with van der Waals surface area (Å²) in [4.78, 5) is 26.1. The first-order chi connectivity index (χ1) is 18.0. The van der Waals surface area contributed by atoms with Crippen molar-refractivity contribution in [3.8, 4) is 17.9 Å². The molecule has 0 aliphatic carbocycles. The van der Waals surface area contributed by atoms with E-state index in [9.17, 15) is 14.9 Å². The predicted molar refractivity (Wildman–Crippen MR) is 135 cm³/mol. The van der Waals surface area contributed by atoms with Gasteiger partial charge in [-0.15, -0.1) is 0 Å². The number of carbonyl (C=O) groups excluding carboxylic acids is 2. The Morgan fingerprint density at radius 1 is 0.919 bits per heavy atom. The number of rotatable bonds is 8. The fourth-order valence-electron chi connectivity index (χ4n) is 4.11. The lowest BCUT2D eigenvalue weighted by Gasteiger charge is -2.29. The Balaban J connectivity index is 1.66. The first kappa shape index (κ1) is 25.0. The first-order valence-electron chi connectivity index (χ1n) is 11.6. The van der Waals surface area contributed by atoms with Crippen LogP contribution in [0.4, 0.5) is 4.79 Å². The quantitative estimate of drug-likeness (QED) is 0.449. The van der Waals surface area contributed by atoms with Crippen LogP contribution in [0.15, 0.2) is 84.1 Å². The van der Waals surface area contributed by atoms with E-state index in [-0.39, 0.29) is 12.2 Å². The van der Waals surface area contributed by atoms with Crippen molar-refractivity contribution < 1.29 is 19.1 Å². The Bertz CT molecular complexity index is 1430. The number of allylic oxidation sites excluding steroid dienone is 1. The van der Waals surface area contributed by atoms with Crippen LogP contribution < -0.4 is 15.4 Å². The molecule has 4 rings (SSSR count). The number of carbonyl (C=O) groups is 2. The van der Waals surface area contributed by atoms with Gasteiger partial charge in [-0.05, 0) is 65.9 Å². The van der Waals surface area contributed by atoms with Crippen molar-refractivity contribution >= 4 is 12.0 Å². The molecule has 0 radical (unpaired) electrons. The minimum Gasteiger partial charge on any atom is -0.497 e. The van der Waals surface area contributed by atoms with Crippen molar-refractivity contribution in [2.45, 2.75) is 25.5 Å². The van der Waals surface area contributed by atoms with Crippen molar-refractivity contribution in [2.75, 3.05) is 7.11 Å². The average molecular weight is 493 g/mol. The molecule has 8 nitrogen and oxygen atoms in total. The van der Waals surface area contributed by atoms with E-state index in [2.05, 4.69) is 22.8 Å². The molecule has 0 bridgehead atoms. The van der Waals surface area contributed by atoms with Crippen molar-refractivity contribution in [1.29, 1.82) is 10.5 Å². The molecule has 3 aromatic carbocycles. The number of methoxy groups -OCH3 is 1. The minimum absolute atomic E-state index is 0.0392. The van der Waals surface area contributed by atoms with Gasteiger partial charge in [-0.3, -0.25) is 0 Å². The zero-order valence-electron chi connectivity index (χ0n) is 20.2. The highest BCUT2D eigenvalue weighted by Gasteiger charge is 2.33. The molecule has 184 valence electrons. The summed E-state index contributed by atoms with van der Waals surface area (Å²) < 4.78 is 10.9. The molecule has 2 N–H and O–H groups in total. The molecule has 37 heavy (non-hydrogen) atoms. The molecule has 1 aliphatic rings. The molecule has 0 spiro atoms. The molecule has 0 fully saturated rings. The number of ether oxygens (including phenoxy) is 2. The van der Waals surface area contributed by atoms with Crippen LogP contribution in [-0.2, 0) is 22.6 Å². The van der Waals surface area contributed by atoms with E-state index in [4.69, 9.17) is 14.7 Å². The van der Waals surface area contributed by atoms with Gasteiger partial charge in [0.15, 0.2) is 0 Å². The van der Waals surface area contributed by atoms with Gasteiger partial charge in [-0.1, -0.05) is 36.4 Å². The van der Waals surface area contributed by atoms with E-state index in [1.54, 1.807) is 55.6 Å². The fourth-order valence-corrected chi connectivity index (χ4v) is 4.11. The predicted octanol–water partition coefficient (Wildman–Crippen LogP) is 4.42. The van der Waals surface area contributed by atoms with Crippen LogP contribution in [0.25, 0.3) is 0 Å². The summed E-state index contributed by atoms with van der Waals surface area (Å²) in [6.45, 7) is -0.0392. The third kappa shape index (κ3) is 6.14. The molecule has 1 unspecified atom stereocenters. The Hall–Kier alpha value is -5.08. The van der Waals surface area contributed by atoms with E-state index in [1.807, 2.05) is 24.3 Å². The molecule has 1 aliphatic heterocycles. The summed E-state index contributed by atoms with van der Waals surface area (Å²) in [7, 11) is 1.60. The van der Waals surface area contributed by atoms with Gasteiger partial charge in [0.05, 0.1) is 42.0 Å². The summed E-state index contributed by atoms with van der Waals surface area (Å²) in [5, 5.41) is 24.1. The summed E-state index contributed by atoms with van der Waals surface area (Å²) in [6.07, 6.45) is 0.939. The Kier molecular flexibility index (Phi) is 7.82. The third-order valence-corrected chi connectivity index (χ3v) is 5.97. The second-order valence-corrected chi connectivity index (χ2v) is 8.40. The number of hydrogen-bond acceptors (Lipinski definition) is 6. The maximum atomic E-state index is 13.5. The van der Waals surface area contributed by atoms with Crippen molar-refractivity contribution in [1.82, 2.24) is 10.6 Å². The zero-order valence-corrected chi connectivity index (χ0v) is 20.2. The van der Waals surface area contributed by atoms with Gasteiger partial charge in [-0.2, -0.15) is 10.5 Å². The van der Waals surface area contributed by atoms with Gasteiger partial charge in [-0.25, -0.2) is 9.59 Å². The number of nitriles is 2. The lowest BCUT2D eigenvalue weighted by Crippen LogP contribution is -2.46. The van der Waals surface area contributed by atoms with E-state index in [0.29, 0.717) is 40.8 Å². The van der Waals surface area contributed by atoms with Gasteiger partial charge in [0.2, 0.25) is 0 Å². The second kappa shape index (κ2) is 11.6. The number of amides is 2. The minimum atomic E-state index is -0.800. The first-order valence-corrected chi connectivity index (χ1v) is 11.6. The lowest BCUT2D eigenvalue weighted by atomic mass is 9.92. The van der Waals surface area contributed by atoms with Crippen molar-refractivity contribution in [3.05, 3.63) is 112 Å². The van der Waals surface area contributed by atoms with Gasteiger partial charge in [0.25, 0.3) is 0 Å². The van der Waals surface area contributed by atoms with E-state index in [0.717, 1.165) is 11.3 Å². The van der Waals surface area contributed by atoms with Gasteiger partial charge in [0, 0.05) is 5.70 Å². The third-order valence-electron chi connectivity index (χ3n) is 5.97. The molecular formula is C29H24N4O4. The van der Waals surface area contributed by atoms with Crippen LogP contribution in [0, 0.1) is 22.7 Å². The number of benzene rings is 3. The van der Waals surface area contributed by atoms with Crippen LogP contribution in [0.5, 0.6) is 5.75 Å². The van der Waals surface area contributed by atoms with Crippen LogP contribution >= 0.6 is 0 Å². The molecule has 0 aromatic heterocycles. The van der Waals surface area contributed by atoms with Crippen LogP contribution in [0.1, 0.15) is 40.3 Å². The summed E-state index contributed by atoms with van der Waals surface area (Å²) in [5.74, 6) is 0.132. The smallest absolute Gasteiger partial charge is 0.338 e. The number of hydrogen-bond donors (Lipinski definition) is 2. The Labute approximate surface area is 214 Å². The molecule has 8 heteroatoms. The number of esters is 1. The lowest BCUT2D eigenvalue weighted by molar-refractivity contribution is -0.140. The van der Waals surface area contributed by atoms with Gasteiger partial charge >= 0.3 is 12.0 Å². The molecule has 0 saturated heterocycles. The summed E-state index contributed by atoms with van der Waals surface area (Å²) in [5.41, 5.74) is 3.85. The van der Waals surface area contributed by atoms with Crippen LogP contribution in [0.3, 0.4) is 0 Å². The summed E-state index contributed by atoms with van der Waals surface area (Å²) in [6, 6.07) is 24.0. The van der Waals surface area contributed by atoms with Crippen molar-refractivity contribution in [3.63, 3.8) is 0 Å². The molecule has 0 saturated carbocycles. The van der Waals surface area contributed by atoms with E-state index < -0.39 is 18.0 Å². The van der Waals surface area contributed by atoms with Gasteiger partial charge < -0.3 is 20.1 Å². The zero-order chi connectivity index (χ0) is 26.2. The summed E-state index contributed by atoms with van der Waals surface area (Å²) >= 11 is 0.